The third kappa shape index (κ3) is 3.11. The van der Waals surface area contributed by atoms with Gasteiger partial charge in [-0.1, -0.05) is 29.0 Å². The van der Waals surface area contributed by atoms with E-state index in [2.05, 4.69) is 29.1 Å². The molecule has 0 N–H and O–H groups in total. The number of aromatic nitrogens is 3. The van der Waals surface area contributed by atoms with E-state index in [1.807, 2.05) is 29.3 Å². The summed E-state index contributed by atoms with van der Waals surface area (Å²) in [6.45, 7) is 1.51. The Morgan fingerprint density at radius 2 is 2.08 bits per heavy atom. The zero-order valence-electron chi connectivity index (χ0n) is 14.7. The van der Waals surface area contributed by atoms with Crippen LogP contribution in [0.4, 0.5) is 0 Å². The van der Waals surface area contributed by atoms with Gasteiger partial charge in [-0.25, -0.2) is 9.50 Å². The minimum Gasteiger partial charge on any atom is -0.336 e. The van der Waals surface area contributed by atoms with Gasteiger partial charge in [-0.2, -0.15) is 5.10 Å². The van der Waals surface area contributed by atoms with E-state index < -0.39 is 0 Å². The molecule has 0 bridgehead atoms. The molecule has 0 unspecified atom stereocenters. The Morgan fingerprint density at radius 1 is 1.31 bits per heavy atom. The van der Waals surface area contributed by atoms with Crippen molar-refractivity contribution in [2.24, 2.45) is 0 Å². The highest BCUT2D eigenvalue weighted by atomic mass is 35.5. The largest absolute Gasteiger partial charge is 0.336 e. The molecule has 1 amide bonds. The molecular formula is C18H20ClN5OS. The summed E-state index contributed by atoms with van der Waals surface area (Å²) in [6.07, 6.45) is 5.59. The molecule has 1 aliphatic heterocycles. The van der Waals surface area contributed by atoms with Gasteiger partial charge in [0.1, 0.15) is 10.0 Å². The lowest BCUT2D eigenvalue weighted by atomic mass is 10.0. The third-order valence-electron chi connectivity index (χ3n) is 4.93. The first kappa shape index (κ1) is 17.5. The normalized spacial score (nSPS) is 15.9. The molecule has 4 rings (SSSR count). The molecule has 1 saturated heterocycles. The molecule has 0 aromatic carbocycles. The number of thiazole rings is 1. The van der Waals surface area contributed by atoms with Gasteiger partial charge in [-0.05, 0) is 39.1 Å². The van der Waals surface area contributed by atoms with Crippen LogP contribution >= 0.6 is 22.9 Å². The first-order valence-corrected chi connectivity index (χ1v) is 9.79. The molecule has 0 radical (unpaired) electrons. The number of halogens is 1. The van der Waals surface area contributed by atoms with Crippen LogP contribution in [-0.4, -0.2) is 63.5 Å². The number of amides is 1. The minimum absolute atomic E-state index is 0.0307. The summed E-state index contributed by atoms with van der Waals surface area (Å²) < 4.78 is 2.30. The Balaban J connectivity index is 1.58. The molecule has 8 heteroatoms. The molecule has 3 aromatic heterocycles. The van der Waals surface area contributed by atoms with E-state index in [1.54, 1.807) is 10.7 Å². The number of likely N-dealkylation sites (tertiary alicyclic amines) is 1. The standard InChI is InChI=1S/C18H20ClN5OS/c1-22(2)12-6-9-23(10-7-12)18(25)17-21-15(16(19)26-17)13-11-20-24-8-4-3-5-14(13)24/h3-5,8,11-12H,6-7,9-10H2,1-2H3. The second-order valence-corrected chi connectivity index (χ2v) is 8.32. The van der Waals surface area contributed by atoms with E-state index in [-0.39, 0.29) is 5.91 Å². The van der Waals surface area contributed by atoms with Crippen molar-refractivity contribution in [3.05, 3.63) is 39.9 Å². The van der Waals surface area contributed by atoms with Crippen LogP contribution in [0.3, 0.4) is 0 Å². The maximum atomic E-state index is 12.9. The number of piperidine rings is 1. The van der Waals surface area contributed by atoms with E-state index in [9.17, 15) is 4.79 Å². The quantitative estimate of drug-likeness (QED) is 0.689. The molecule has 0 saturated carbocycles. The molecular weight excluding hydrogens is 370 g/mol. The molecule has 0 aliphatic carbocycles. The second-order valence-electron chi connectivity index (χ2n) is 6.72. The molecule has 3 aromatic rings. The number of fused-ring (bicyclic) bond motifs is 1. The van der Waals surface area contributed by atoms with Crippen LogP contribution in [0.2, 0.25) is 4.34 Å². The van der Waals surface area contributed by atoms with E-state index in [4.69, 9.17) is 11.6 Å². The van der Waals surface area contributed by atoms with Crippen molar-refractivity contribution < 1.29 is 4.79 Å². The van der Waals surface area contributed by atoms with Gasteiger partial charge in [0.25, 0.3) is 5.91 Å². The average molecular weight is 390 g/mol. The van der Waals surface area contributed by atoms with Crippen molar-refractivity contribution in [2.75, 3.05) is 27.2 Å². The van der Waals surface area contributed by atoms with Crippen LogP contribution in [-0.2, 0) is 0 Å². The summed E-state index contributed by atoms with van der Waals surface area (Å²) in [5.41, 5.74) is 2.40. The average Bonchev–Trinajstić information content (AvgIpc) is 3.24. The molecule has 26 heavy (non-hydrogen) atoms. The highest BCUT2D eigenvalue weighted by Crippen LogP contribution is 2.35. The Morgan fingerprint density at radius 3 is 2.81 bits per heavy atom. The third-order valence-corrected chi connectivity index (χ3v) is 6.17. The van der Waals surface area contributed by atoms with Crippen molar-refractivity contribution in [2.45, 2.75) is 18.9 Å². The lowest BCUT2D eigenvalue weighted by Gasteiger charge is -2.34. The Hall–Kier alpha value is -1.96. The summed E-state index contributed by atoms with van der Waals surface area (Å²) in [5.74, 6) is -0.0307. The maximum absolute atomic E-state index is 12.9. The minimum atomic E-state index is -0.0307. The van der Waals surface area contributed by atoms with Gasteiger partial charge in [-0.3, -0.25) is 4.79 Å². The summed E-state index contributed by atoms with van der Waals surface area (Å²) in [4.78, 5) is 21.5. The van der Waals surface area contributed by atoms with Crippen LogP contribution in [0.15, 0.2) is 30.6 Å². The number of hydrogen-bond acceptors (Lipinski definition) is 5. The molecule has 136 valence electrons. The lowest BCUT2D eigenvalue weighted by molar-refractivity contribution is 0.0663. The van der Waals surface area contributed by atoms with Gasteiger partial charge < -0.3 is 9.80 Å². The van der Waals surface area contributed by atoms with Crippen LogP contribution in [0.25, 0.3) is 16.8 Å². The zero-order valence-corrected chi connectivity index (χ0v) is 16.3. The van der Waals surface area contributed by atoms with Crippen molar-refractivity contribution in [1.82, 2.24) is 24.4 Å². The molecule has 0 atom stereocenters. The smallest absolute Gasteiger partial charge is 0.282 e. The second kappa shape index (κ2) is 6.98. The monoisotopic (exact) mass is 389 g/mol. The summed E-state index contributed by atoms with van der Waals surface area (Å²) in [5, 5.41) is 4.78. The van der Waals surface area contributed by atoms with E-state index in [1.165, 1.54) is 11.3 Å². The Kier molecular flexibility index (Phi) is 4.69. The van der Waals surface area contributed by atoms with Crippen molar-refractivity contribution >= 4 is 34.4 Å². The number of pyridine rings is 1. The van der Waals surface area contributed by atoms with Crippen molar-refractivity contribution in [3.8, 4) is 11.3 Å². The van der Waals surface area contributed by atoms with Gasteiger partial charge in [0.2, 0.25) is 0 Å². The number of nitrogens with zero attached hydrogens (tertiary/aromatic N) is 5. The Labute approximate surface area is 161 Å². The summed E-state index contributed by atoms with van der Waals surface area (Å²) >= 11 is 7.67. The first-order chi connectivity index (χ1) is 12.5. The van der Waals surface area contributed by atoms with Crippen LogP contribution in [0, 0.1) is 0 Å². The number of carbonyl (C=O) groups is 1. The van der Waals surface area contributed by atoms with Gasteiger partial charge in [0.05, 0.1) is 11.7 Å². The van der Waals surface area contributed by atoms with E-state index in [0.29, 0.717) is 21.1 Å². The van der Waals surface area contributed by atoms with Gasteiger partial charge in [-0.15, -0.1) is 0 Å². The van der Waals surface area contributed by atoms with Gasteiger partial charge in [0, 0.05) is 30.9 Å². The number of carbonyl (C=O) groups excluding carboxylic acids is 1. The topological polar surface area (TPSA) is 53.7 Å². The first-order valence-electron chi connectivity index (χ1n) is 8.59. The lowest BCUT2D eigenvalue weighted by Crippen LogP contribution is -2.44. The predicted molar refractivity (Wildman–Crippen MR) is 104 cm³/mol. The van der Waals surface area contributed by atoms with Crippen LogP contribution in [0.1, 0.15) is 22.6 Å². The Bertz CT molecular complexity index is 942. The highest BCUT2D eigenvalue weighted by molar-refractivity contribution is 7.18. The molecule has 4 heterocycles. The highest BCUT2D eigenvalue weighted by Gasteiger charge is 2.27. The fourth-order valence-corrected chi connectivity index (χ4v) is 4.54. The fourth-order valence-electron chi connectivity index (χ4n) is 3.40. The van der Waals surface area contributed by atoms with E-state index in [0.717, 1.165) is 37.0 Å². The maximum Gasteiger partial charge on any atom is 0.282 e. The van der Waals surface area contributed by atoms with Gasteiger partial charge in [0.15, 0.2) is 5.01 Å². The SMILES string of the molecule is CN(C)C1CCN(C(=O)c2nc(-c3cnn4ccccc34)c(Cl)s2)CC1. The molecule has 1 aliphatic rings. The number of rotatable bonds is 3. The summed E-state index contributed by atoms with van der Waals surface area (Å²) in [7, 11) is 4.18. The number of hydrogen-bond donors (Lipinski definition) is 0. The predicted octanol–water partition coefficient (Wildman–Crippen LogP) is 3.28. The molecule has 0 spiro atoms. The van der Waals surface area contributed by atoms with Gasteiger partial charge >= 0.3 is 0 Å². The fraction of sp³-hybridized carbons (Fsp3) is 0.389. The van der Waals surface area contributed by atoms with Crippen LogP contribution in [0.5, 0.6) is 0 Å². The van der Waals surface area contributed by atoms with E-state index >= 15 is 0 Å². The van der Waals surface area contributed by atoms with Crippen molar-refractivity contribution in [3.63, 3.8) is 0 Å². The summed E-state index contributed by atoms with van der Waals surface area (Å²) in [6, 6.07) is 6.36. The zero-order chi connectivity index (χ0) is 18.3. The molecule has 6 nitrogen and oxygen atoms in total. The molecule has 1 fully saturated rings. The van der Waals surface area contributed by atoms with Crippen LogP contribution < -0.4 is 0 Å². The van der Waals surface area contributed by atoms with Crippen molar-refractivity contribution in [1.29, 1.82) is 0 Å².